The van der Waals surface area contributed by atoms with Crippen molar-refractivity contribution in [2.75, 3.05) is 41.3 Å². The molecule has 2 aromatic heterocycles. The highest BCUT2D eigenvalue weighted by atomic mass is 32.1. The van der Waals surface area contributed by atoms with Crippen LogP contribution in [0.2, 0.25) is 0 Å². The van der Waals surface area contributed by atoms with Gasteiger partial charge in [-0.2, -0.15) is 9.97 Å². The molecular formula is C28H36N6OS. The van der Waals surface area contributed by atoms with Crippen LogP contribution in [0, 0.1) is 5.92 Å². The van der Waals surface area contributed by atoms with E-state index >= 15 is 0 Å². The Bertz CT molecular complexity index is 1120. The highest BCUT2D eigenvalue weighted by Gasteiger charge is 2.21. The molecule has 2 aliphatic rings. The van der Waals surface area contributed by atoms with Crippen molar-refractivity contribution in [3.8, 4) is 11.3 Å². The zero-order chi connectivity index (χ0) is 24.7. The van der Waals surface area contributed by atoms with Gasteiger partial charge in [0.1, 0.15) is 23.2 Å². The van der Waals surface area contributed by atoms with Crippen molar-refractivity contribution in [3.05, 3.63) is 54.3 Å². The van der Waals surface area contributed by atoms with Crippen molar-refractivity contribution < 1.29 is 4.42 Å². The Balaban J connectivity index is 1.28. The van der Waals surface area contributed by atoms with Gasteiger partial charge < -0.3 is 24.9 Å². The molecule has 8 heteroatoms. The van der Waals surface area contributed by atoms with Crippen LogP contribution in [0.3, 0.4) is 0 Å². The van der Waals surface area contributed by atoms with Crippen molar-refractivity contribution in [2.24, 2.45) is 5.92 Å². The molecule has 3 aromatic rings. The van der Waals surface area contributed by atoms with Crippen molar-refractivity contribution in [3.63, 3.8) is 0 Å². The molecule has 2 aliphatic heterocycles. The summed E-state index contributed by atoms with van der Waals surface area (Å²) in [6.45, 7) is 6.95. The monoisotopic (exact) mass is 504 g/mol. The van der Waals surface area contributed by atoms with E-state index in [0.29, 0.717) is 23.5 Å². The maximum atomic E-state index is 5.99. The van der Waals surface area contributed by atoms with Crippen LogP contribution in [0.1, 0.15) is 51.2 Å². The Hall–Kier alpha value is -3.13. The third-order valence-electron chi connectivity index (χ3n) is 6.98. The number of rotatable bonds is 6. The molecule has 4 heterocycles. The molecule has 7 nitrogen and oxygen atoms in total. The minimum Gasteiger partial charge on any atom is -0.459 e. The standard InChI is InChI=1S/C28H36N6OS/c1-21-10-9-17-34(20-21)26-18-25(33-15-7-2-3-8-16-33)30-27(31-26)32-28(36)29-19-23-13-14-24(35-23)22-11-5-4-6-12-22/h4-6,11-14,18,21H,2-3,7-10,15-17,19-20H2,1H3,(H2,29,30,31,32,36)/t21-/m0/s1. The molecule has 2 fully saturated rings. The second-order valence-electron chi connectivity index (χ2n) is 9.94. The second-order valence-corrected chi connectivity index (χ2v) is 10.4. The molecule has 1 atom stereocenters. The molecule has 36 heavy (non-hydrogen) atoms. The molecule has 0 bridgehead atoms. The lowest BCUT2D eigenvalue weighted by molar-refractivity contribution is 0.444. The summed E-state index contributed by atoms with van der Waals surface area (Å²) in [6.07, 6.45) is 7.46. The maximum Gasteiger partial charge on any atom is 0.232 e. The van der Waals surface area contributed by atoms with Crippen molar-refractivity contribution >= 4 is 34.9 Å². The first-order valence-corrected chi connectivity index (χ1v) is 13.6. The van der Waals surface area contributed by atoms with E-state index in [2.05, 4.69) is 33.4 Å². The van der Waals surface area contributed by atoms with Gasteiger partial charge in [-0.25, -0.2) is 0 Å². The van der Waals surface area contributed by atoms with Gasteiger partial charge in [0.25, 0.3) is 0 Å². The number of nitrogens with zero attached hydrogens (tertiary/aromatic N) is 4. The summed E-state index contributed by atoms with van der Waals surface area (Å²) in [7, 11) is 0. The Labute approximate surface area is 219 Å². The molecule has 1 aromatic carbocycles. The first-order valence-electron chi connectivity index (χ1n) is 13.2. The summed E-state index contributed by atoms with van der Waals surface area (Å²) in [5.41, 5.74) is 1.06. The fourth-order valence-electron chi connectivity index (χ4n) is 5.04. The molecule has 0 aliphatic carbocycles. The number of thiocarbonyl (C=S) groups is 1. The second kappa shape index (κ2) is 11.7. The van der Waals surface area contributed by atoms with Crippen LogP contribution in [0.4, 0.5) is 17.6 Å². The van der Waals surface area contributed by atoms with Crippen LogP contribution < -0.4 is 20.4 Å². The third-order valence-corrected chi connectivity index (χ3v) is 7.23. The molecule has 190 valence electrons. The molecule has 2 N–H and O–H groups in total. The lowest BCUT2D eigenvalue weighted by Gasteiger charge is -2.33. The summed E-state index contributed by atoms with van der Waals surface area (Å²) in [5.74, 6) is 4.86. The number of nitrogens with one attached hydrogen (secondary N) is 2. The molecule has 0 spiro atoms. The summed E-state index contributed by atoms with van der Waals surface area (Å²) in [4.78, 5) is 14.6. The normalized spacial score (nSPS) is 18.5. The number of anilines is 3. The van der Waals surface area contributed by atoms with Gasteiger partial charge >= 0.3 is 0 Å². The minimum atomic E-state index is 0.485. The Morgan fingerprint density at radius 3 is 2.42 bits per heavy atom. The first-order chi connectivity index (χ1) is 17.6. The van der Waals surface area contributed by atoms with Crippen LogP contribution in [0.25, 0.3) is 11.3 Å². The molecule has 2 saturated heterocycles. The Kier molecular flexibility index (Phi) is 8.01. The highest BCUT2D eigenvalue weighted by Crippen LogP contribution is 2.27. The van der Waals surface area contributed by atoms with E-state index < -0.39 is 0 Å². The van der Waals surface area contributed by atoms with E-state index in [1.54, 1.807) is 0 Å². The van der Waals surface area contributed by atoms with Crippen LogP contribution in [0.15, 0.2) is 52.9 Å². The minimum absolute atomic E-state index is 0.485. The van der Waals surface area contributed by atoms with Gasteiger partial charge in [-0.15, -0.1) is 0 Å². The number of benzene rings is 1. The molecule has 0 unspecified atom stereocenters. The van der Waals surface area contributed by atoms with Gasteiger partial charge in [0.2, 0.25) is 5.95 Å². The molecule has 0 amide bonds. The van der Waals surface area contributed by atoms with E-state index in [1.807, 2.05) is 42.5 Å². The van der Waals surface area contributed by atoms with Crippen molar-refractivity contribution in [1.82, 2.24) is 15.3 Å². The molecular weight excluding hydrogens is 468 g/mol. The maximum absolute atomic E-state index is 5.99. The van der Waals surface area contributed by atoms with E-state index in [1.165, 1.54) is 38.5 Å². The van der Waals surface area contributed by atoms with E-state index in [0.717, 1.165) is 54.9 Å². The Morgan fingerprint density at radius 1 is 0.944 bits per heavy atom. The number of hydrogen-bond donors (Lipinski definition) is 2. The lowest BCUT2D eigenvalue weighted by atomic mass is 10.0. The van der Waals surface area contributed by atoms with Crippen molar-refractivity contribution in [1.29, 1.82) is 0 Å². The van der Waals surface area contributed by atoms with E-state index in [-0.39, 0.29) is 0 Å². The number of hydrogen-bond acceptors (Lipinski definition) is 6. The van der Waals surface area contributed by atoms with Gasteiger partial charge in [0, 0.05) is 37.8 Å². The fourth-order valence-corrected chi connectivity index (χ4v) is 5.21. The highest BCUT2D eigenvalue weighted by molar-refractivity contribution is 7.80. The lowest BCUT2D eigenvalue weighted by Crippen LogP contribution is -2.36. The summed E-state index contributed by atoms with van der Waals surface area (Å²) in [5, 5.41) is 6.97. The third kappa shape index (κ3) is 6.35. The molecule has 0 radical (unpaired) electrons. The number of aromatic nitrogens is 2. The van der Waals surface area contributed by atoms with Gasteiger partial charge in [-0.1, -0.05) is 50.1 Å². The number of piperidine rings is 1. The van der Waals surface area contributed by atoms with Gasteiger partial charge in [-0.3, -0.25) is 0 Å². The predicted octanol–water partition coefficient (Wildman–Crippen LogP) is 5.84. The fraction of sp³-hybridized carbons (Fsp3) is 0.464. The topological polar surface area (TPSA) is 69.5 Å². The quantitative estimate of drug-likeness (QED) is 0.406. The largest absolute Gasteiger partial charge is 0.459 e. The molecule has 0 saturated carbocycles. The first kappa shape index (κ1) is 24.6. The smallest absolute Gasteiger partial charge is 0.232 e. The SMILES string of the molecule is C[C@H]1CCCN(c2cc(N3CCCCCC3)nc(NC(=S)NCc3ccc(-c4ccccc4)o3)n2)C1. The van der Waals surface area contributed by atoms with Gasteiger partial charge in [0.05, 0.1) is 6.54 Å². The van der Waals surface area contributed by atoms with Crippen LogP contribution in [0.5, 0.6) is 0 Å². The Morgan fingerprint density at radius 2 is 1.67 bits per heavy atom. The van der Waals surface area contributed by atoms with Gasteiger partial charge in [0.15, 0.2) is 5.11 Å². The van der Waals surface area contributed by atoms with Crippen LogP contribution in [-0.4, -0.2) is 41.3 Å². The average molecular weight is 505 g/mol. The molecule has 5 rings (SSSR count). The zero-order valence-electron chi connectivity index (χ0n) is 21.1. The number of furan rings is 1. The summed E-state index contributed by atoms with van der Waals surface area (Å²) >= 11 is 5.60. The van der Waals surface area contributed by atoms with E-state index in [4.69, 9.17) is 26.6 Å². The van der Waals surface area contributed by atoms with Crippen molar-refractivity contribution in [2.45, 2.75) is 52.0 Å². The summed E-state index contributed by atoms with van der Waals surface area (Å²) < 4.78 is 5.99. The summed E-state index contributed by atoms with van der Waals surface area (Å²) in [6, 6.07) is 16.2. The van der Waals surface area contributed by atoms with E-state index in [9.17, 15) is 0 Å². The predicted molar refractivity (Wildman–Crippen MR) is 151 cm³/mol. The zero-order valence-corrected chi connectivity index (χ0v) is 21.9. The van der Waals surface area contributed by atoms with Crippen LogP contribution >= 0.6 is 12.2 Å². The van der Waals surface area contributed by atoms with Gasteiger partial charge in [-0.05, 0) is 56.0 Å². The average Bonchev–Trinajstić information content (AvgIpc) is 3.21. The van der Waals surface area contributed by atoms with Crippen LogP contribution in [-0.2, 0) is 6.54 Å².